The van der Waals surface area contributed by atoms with Gasteiger partial charge in [-0.25, -0.2) is 10.4 Å². The van der Waals surface area contributed by atoms with Crippen LogP contribution in [0.25, 0.3) is 16.6 Å². The number of benzene rings is 1. The zero-order valence-electron chi connectivity index (χ0n) is 16.2. The molecular formula is C23H18N6O. The molecule has 0 bridgehead atoms. The van der Waals surface area contributed by atoms with Gasteiger partial charge in [0, 0.05) is 29.7 Å². The second-order valence-electron chi connectivity index (χ2n) is 6.88. The van der Waals surface area contributed by atoms with Gasteiger partial charge in [0.25, 0.3) is 0 Å². The molecule has 146 valence electrons. The van der Waals surface area contributed by atoms with E-state index in [0.717, 1.165) is 27.7 Å². The molecule has 0 spiro atoms. The Morgan fingerprint density at radius 2 is 1.90 bits per heavy atom. The van der Waals surface area contributed by atoms with Crippen LogP contribution in [-0.4, -0.2) is 31.4 Å². The van der Waals surface area contributed by atoms with Crippen molar-refractivity contribution in [2.24, 2.45) is 5.10 Å². The first-order valence-electron chi connectivity index (χ1n) is 9.50. The summed E-state index contributed by atoms with van der Waals surface area (Å²) in [5.41, 5.74) is 8.59. The molecule has 30 heavy (non-hydrogen) atoms. The molecule has 4 aromatic heterocycles. The van der Waals surface area contributed by atoms with Crippen LogP contribution in [0.15, 0.2) is 78.3 Å². The highest BCUT2D eigenvalue weighted by molar-refractivity contribution is 6.11. The molecule has 0 aliphatic rings. The molecule has 1 aromatic carbocycles. The minimum absolute atomic E-state index is 0.0546. The van der Waals surface area contributed by atoms with Crippen LogP contribution in [0.2, 0.25) is 0 Å². The van der Waals surface area contributed by atoms with Crippen LogP contribution in [0.3, 0.4) is 0 Å². The number of fused-ring (bicyclic) bond motifs is 2. The smallest absolute Gasteiger partial charge is 0.222 e. The maximum Gasteiger partial charge on any atom is 0.222 e. The van der Waals surface area contributed by atoms with Crippen LogP contribution >= 0.6 is 0 Å². The molecule has 5 aromatic rings. The number of anilines is 1. The van der Waals surface area contributed by atoms with Gasteiger partial charge in [-0.05, 0) is 48.9 Å². The third kappa shape index (κ3) is 3.02. The number of carbonyl (C=O) groups is 1. The molecule has 0 fully saturated rings. The van der Waals surface area contributed by atoms with Crippen LogP contribution in [0.1, 0.15) is 27.2 Å². The first-order chi connectivity index (χ1) is 14.7. The number of para-hydroxylation sites is 2. The molecule has 0 saturated heterocycles. The van der Waals surface area contributed by atoms with Crippen molar-refractivity contribution in [3.8, 4) is 0 Å². The third-order valence-electron chi connectivity index (χ3n) is 5.05. The van der Waals surface area contributed by atoms with Gasteiger partial charge in [0.05, 0.1) is 28.5 Å². The first kappa shape index (κ1) is 17.8. The molecule has 2 N–H and O–H groups in total. The zero-order valence-corrected chi connectivity index (χ0v) is 16.2. The van der Waals surface area contributed by atoms with Crippen molar-refractivity contribution >= 4 is 34.5 Å². The van der Waals surface area contributed by atoms with E-state index in [1.165, 1.54) is 0 Å². The maximum atomic E-state index is 13.2. The van der Waals surface area contributed by atoms with Crippen molar-refractivity contribution in [2.75, 3.05) is 5.43 Å². The Hall–Kier alpha value is -4.26. The highest BCUT2D eigenvalue weighted by Gasteiger charge is 2.20. The van der Waals surface area contributed by atoms with E-state index in [9.17, 15) is 4.79 Å². The second kappa shape index (κ2) is 7.29. The number of aromatic amines is 1. The molecule has 5 rings (SSSR count). The average Bonchev–Trinajstić information content (AvgIpc) is 3.32. The molecule has 7 heteroatoms. The van der Waals surface area contributed by atoms with E-state index in [1.54, 1.807) is 30.7 Å². The standard InChI is InChI=1S/C23H18N6O/c1-15-17(14-25-28-23-26-18-6-2-3-7-19(18)27-23)20-8-4-5-13-29(20)21(15)22(30)16-9-11-24-12-10-16/h2-14H,1H3,(H2,26,27,28). The molecule has 0 aliphatic heterocycles. The maximum absolute atomic E-state index is 13.2. The number of pyridine rings is 2. The lowest BCUT2D eigenvalue weighted by Crippen LogP contribution is -2.06. The van der Waals surface area contributed by atoms with Gasteiger partial charge in [0.2, 0.25) is 11.7 Å². The summed E-state index contributed by atoms with van der Waals surface area (Å²) in [7, 11) is 0. The summed E-state index contributed by atoms with van der Waals surface area (Å²) in [4.78, 5) is 24.8. The number of hydrogen-bond acceptors (Lipinski definition) is 5. The quantitative estimate of drug-likeness (QED) is 0.266. The van der Waals surface area contributed by atoms with Gasteiger partial charge < -0.3 is 9.38 Å². The van der Waals surface area contributed by atoms with Crippen molar-refractivity contribution in [1.82, 2.24) is 19.4 Å². The number of rotatable bonds is 5. The van der Waals surface area contributed by atoms with Gasteiger partial charge in [-0.2, -0.15) is 5.10 Å². The minimum Gasteiger partial charge on any atom is -0.323 e. The SMILES string of the molecule is Cc1c(C=NNc2nc3ccccc3[nH]2)c2ccccn2c1C(=O)c1ccncc1. The van der Waals surface area contributed by atoms with E-state index < -0.39 is 0 Å². The van der Waals surface area contributed by atoms with Gasteiger partial charge in [0.1, 0.15) is 0 Å². The lowest BCUT2D eigenvalue weighted by atomic mass is 10.1. The molecule has 7 nitrogen and oxygen atoms in total. The Morgan fingerprint density at radius 3 is 2.73 bits per heavy atom. The van der Waals surface area contributed by atoms with E-state index in [2.05, 4.69) is 25.5 Å². The van der Waals surface area contributed by atoms with Crippen LogP contribution in [-0.2, 0) is 0 Å². The molecule has 0 atom stereocenters. The number of ketones is 1. The van der Waals surface area contributed by atoms with E-state index >= 15 is 0 Å². The molecule has 0 saturated carbocycles. The Kier molecular flexibility index (Phi) is 4.33. The monoisotopic (exact) mass is 394 g/mol. The summed E-state index contributed by atoms with van der Waals surface area (Å²) >= 11 is 0. The summed E-state index contributed by atoms with van der Waals surface area (Å²) in [6.07, 6.45) is 6.86. The lowest BCUT2D eigenvalue weighted by molar-refractivity contribution is 0.103. The molecule has 4 heterocycles. The fourth-order valence-electron chi connectivity index (χ4n) is 3.60. The van der Waals surface area contributed by atoms with E-state index in [-0.39, 0.29) is 5.78 Å². The first-order valence-corrected chi connectivity index (χ1v) is 9.50. The summed E-state index contributed by atoms with van der Waals surface area (Å²) in [5, 5.41) is 4.36. The minimum atomic E-state index is -0.0546. The van der Waals surface area contributed by atoms with Crippen LogP contribution in [0.4, 0.5) is 5.95 Å². The fourth-order valence-corrected chi connectivity index (χ4v) is 3.60. The largest absolute Gasteiger partial charge is 0.323 e. The van der Waals surface area contributed by atoms with E-state index in [0.29, 0.717) is 17.2 Å². The Labute approximate surface area is 172 Å². The molecule has 0 unspecified atom stereocenters. The van der Waals surface area contributed by atoms with Gasteiger partial charge >= 0.3 is 0 Å². The average molecular weight is 394 g/mol. The summed E-state index contributed by atoms with van der Waals surface area (Å²) < 4.78 is 1.90. The lowest BCUT2D eigenvalue weighted by Gasteiger charge is -2.03. The van der Waals surface area contributed by atoms with Crippen molar-refractivity contribution in [2.45, 2.75) is 6.92 Å². The second-order valence-corrected chi connectivity index (χ2v) is 6.88. The summed E-state index contributed by atoms with van der Waals surface area (Å²) in [5.74, 6) is 0.502. The van der Waals surface area contributed by atoms with Crippen LogP contribution < -0.4 is 5.43 Å². The van der Waals surface area contributed by atoms with Crippen molar-refractivity contribution < 1.29 is 4.79 Å². The van der Waals surface area contributed by atoms with Gasteiger partial charge in [-0.3, -0.25) is 9.78 Å². The van der Waals surface area contributed by atoms with Gasteiger partial charge in [-0.15, -0.1) is 0 Å². The molecule has 0 radical (unpaired) electrons. The molecule has 0 aliphatic carbocycles. The fraction of sp³-hybridized carbons (Fsp3) is 0.0435. The molecular weight excluding hydrogens is 376 g/mol. The van der Waals surface area contributed by atoms with Crippen LogP contribution in [0, 0.1) is 6.92 Å². The number of carbonyl (C=O) groups excluding carboxylic acids is 1. The molecule has 0 amide bonds. The van der Waals surface area contributed by atoms with E-state index in [4.69, 9.17) is 0 Å². The van der Waals surface area contributed by atoms with Crippen molar-refractivity contribution in [3.63, 3.8) is 0 Å². The third-order valence-corrected chi connectivity index (χ3v) is 5.05. The number of aromatic nitrogens is 4. The Bertz CT molecular complexity index is 1360. The topological polar surface area (TPSA) is 87.4 Å². The number of imidazole rings is 1. The number of H-pyrrole nitrogens is 1. The van der Waals surface area contributed by atoms with Crippen molar-refractivity contribution in [3.05, 3.63) is 95.6 Å². The number of hydrazone groups is 1. The number of nitrogens with zero attached hydrogens (tertiary/aromatic N) is 4. The summed E-state index contributed by atoms with van der Waals surface area (Å²) in [6.45, 7) is 1.93. The highest BCUT2D eigenvalue weighted by atomic mass is 16.1. The number of hydrogen-bond donors (Lipinski definition) is 2. The van der Waals surface area contributed by atoms with Crippen molar-refractivity contribution in [1.29, 1.82) is 0 Å². The highest BCUT2D eigenvalue weighted by Crippen LogP contribution is 2.24. The zero-order chi connectivity index (χ0) is 20.5. The number of nitrogens with one attached hydrogen (secondary N) is 2. The predicted octanol–water partition coefficient (Wildman–Crippen LogP) is 4.20. The van der Waals surface area contributed by atoms with Gasteiger partial charge in [0.15, 0.2) is 0 Å². The normalized spacial score (nSPS) is 11.5. The van der Waals surface area contributed by atoms with Gasteiger partial charge in [-0.1, -0.05) is 18.2 Å². The Morgan fingerprint density at radius 1 is 1.10 bits per heavy atom. The van der Waals surface area contributed by atoms with Crippen LogP contribution in [0.5, 0.6) is 0 Å². The predicted molar refractivity (Wildman–Crippen MR) is 117 cm³/mol. The van der Waals surface area contributed by atoms with E-state index in [1.807, 2.05) is 60.0 Å². The summed E-state index contributed by atoms with van der Waals surface area (Å²) in [6, 6.07) is 17.0. The Balaban J connectivity index is 1.52.